The maximum absolute atomic E-state index is 10.6. The monoisotopic (exact) mass is 418 g/mol. The van der Waals surface area contributed by atoms with Crippen LogP contribution in [0.1, 0.15) is 20.8 Å². The van der Waals surface area contributed by atoms with Gasteiger partial charge < -0.3 is 30.0 Å². The molecule has 5 N–H and O–H groups in total. The summed E-state index contributed by atoms with van der Waals surface area (Å²) in [5, 5.41) is 53.1. The van der Waals surface area contributed by atoms with Crippen LogP contribution in [0.5, 0.6) is 0 Å². The third-order valence-electron chi connectivity index (χ3n) is 5.80. The molecule has 0 bridgehead atoms. The minimum atomic E-state index is -3.13. The molecule has 0 aliphatic heterocycles. The maximum atomic E-state index is 10.6. The molecular weight excluding hydrogens is 388 g/mol. The normalized spacial score (nSPS) is 30.9. The van der Waals surface area contributed by atoms with E-state index in [9.17, 15) is 25.5 Å². The van der Waals surface area contributed by atoms with Gasteiger partial charge in [-0.15, -0.1) is 0 Å². The van der Waals surface area contributed by atoms with Crippen LogP contribution in [0.4, 0.5) is 0 Å². The minimum Gasteiger partial charge on any atom is -0.399 e. The van der Waals surface area contributed by atoms with Crippen LogP contribution >= 0.6 is 0 Å². The molecule has 6 atom stereocenters. The maximum Gasteiger partial charge on any atom is 0.261 e. The van der Waals surface area contributed by atoms with E-state index in [4.69, 9.17) is 4.43 Å². The van der Waals surface area contributed by atoms with Crippen LogP contribution in [0.3, 0.4) is 0 Å². The van der Waals surface area contributed by atoms with Crippen molar-refractivity contribution in [3.8, 4) is 0 Å². The number of hydrogen-bond acceptors (Lipinski definition) is 6. The van der Waals surface area contributed by atoms with E-state index in [2.05, 4.69) is 0 Å². The highest BCUT2D eigenvalue weighted by atomic mass is 28.4. The van der Waals surface area contributed by atoms with Gasteiger partial charge in [-0.25, -0.2) is 0 Å². The molecule has 0 radical (unpaired) electrons. The third-order valence-corrected chi connectivity index (χ3v) is 10.8. The fourth-order valence-corrected chi connectivity index (χ4v) is 8.93. The first-order valence-corrected chi connectivity index (χ1v) is 11.7. The van der Waals surface area contributed by atoms with Crippen LogP contribution in [0.25, 0.3) is 0 Å². The van der Waals surface area contributed by atoms with Gasteiger partial charge in [0.25, 0.3) is 8.32 Å². The molecule has 29 heavy (non-hydrogen) atoms. The first-order valence-electron chi connectivity index (χ1n) is 9.80. The Hall–Kier alpha value is -1.58. The average Bonchev–Trinajstić information content (AvgIpc) is 2.71. The molecule has 7 heteroatoms. The molecule has 3 rings (SSSR count). The Bertz CT molecular complexity index is 738. The molecule has 0 amide bonds. The van der Waals surface area contributed by atoms with Gasteiger partial charge in [-0.3, -0.25) is 0 Å². The molecule has 0 heterocycles. The summed E-state index contributed by atoms with van der Waals surface area (Å²) in [5.41, 5.74) is 0. The standard InChI is InChI=1S/C22H30O6Si/c1-22(2,3)29(14-10-6-4-7-11-14,15-12-8-5-9-13-15)28-21-19(26)17(24)16(23)18(25)20(21)27/h4-13,16-21,23-27H,1-3H3/t16?,17-,18+,19-,20-,21?/m1/s1. The van der Waals surface area contributed by atoms with Crippen molar-refractivity contribution < 1.29 is 30.0 Å². The van der Waals surface area contributed by atoms with Crippen molar-refractivity contribution >= 4 is 18.7 Å². The Balaban J connectivity index is 2.18. The van der Waals surface area contributed by atoms with Crippen LogP contribution in [-0.2, 0) is 4.43 Å². The van der Waals surface area contributed by atoms with Crippen LogP contribution in [0, 0.1) is 0 Å². The second-order valence-corrected chi connectivity index (χ2v) is 13.0. The largest absolute Gasteiger partial charge is 0.399 e. The van der Waals surface area contributed by atoms with E-state index in [1.807, 2.05) is 81.4 Å². The number of aliphatic hydroxyl groups excluding tert-OH is 5. The first-order chi connectivity index (χ1) is 13.6. The fourth-order valence-electron chi connectivity index (χ4n) is 4.23. The second-order valence-electron chi connectivity index (χ2n) is 8.70. The molecule has 158 valence electrons. The molecule has 1 aliphatic rings. The first kappa shape index (κ1) is 22.1. The predicted molar refractivity (Wildman–Crippen MR) is 113 cm³/mol. The van der Waals surface area contributed by atoms with Gasteiger partial charge in [0.1, 0.15) is 36.6 Å². The topological polar surface area (TPSA) is 110 Å². The zero-order valence-electron chi connectivity index (χ0n) is 16.9. The molecule has 2 aromatic carbocycles. The lowest BCUT2D eigenvalue weighted by Crippen LogP contribution is -2.73. The highest BCUT2D eigenvalue weighted by Gasteiger charge is 2.57. The van der Waals surface area contributed by atoms with Gasteiger partial charge in [-0.2, -0.15) is 0 Å². The van der Waals surface area contributed by atoms with Gasteiger partial charge >= 0.3 is 0 Å². The lowest BCUT2D eigenvalue weighted by Gasteiger charge is -2.50. The molecule has 6 nitrogen and oxygen atoms in total. The van der Waals surface area contributed by atoms with Gasteiger partial charge in [0.05, 0.1) is 0 Å². The highest BCUT2D eigenvalue weighted by Crippen LogP contribution is 2.39. The molecule has 0 aromatic heterocycles. The summed E-state index contributed by atoms with van der Waals surface area (Å²) in [6.45, 7) is 6.13. The van der Waals surface area contributed by atoms with Gasteiger partial charge in [-0.05, 0) is 15.4 Å². The zero-order chi connectivity index (χ0) is 21.4. The molecule has 1 saturated carbocycles. The van der Waals surface area contributed by atoms with E-state index >= 15 is 0 Å². The summed E-state index contributed by atoms with van der Waals surface area (Å²) >= 11 is 0. The van der Waals surface area contributed by atoms with Gasteiger partial charge in [0.15, 0.2) is 0 Å². The van der Waals surface area contributed by atoms with Crippen molar-refractivity contribution in [1.29, 1.82) is 0 Å². The van der Waals surface area contributed by atoms with Crippen LogP contribution in [-0.4, -0.2) is 70.5 Å². The molecule has 0 spiro atoms. The lowest BCUT2D eigenvalue weighted by molar-refractivity contribution is -0.218. The van der Waals surface area contributed by atoms with Crippen molar-refractivity contribution in [2.45, 2.75) is 62.4 Å². The van der Waals surface area contributed by atoms with Crippen LogP contribution < -0.4 is 10.4 Å². The Morgan fingerprint density at radius 3 is 1.31 bits per heavy atom. The summed E-state index contributed by atoms with van der Waals surface area (Å²) in [6.07, 6.45) is -9.28. The second kappa shape index (κ2) is 8.27. The van der Waals surface area contributed by atoms with Gasteiger partial charge in [0.2, 0.25) is 0 Å². The van der Waals surface area contributed by atoms with Crippen molar-refractivity contribution in [2.24, 2.45) is 0 Å². The Morgan fingerprint density at radius 2 is 0.966 bits per heavy atom. The van der Waals surface area contributed by atoms with Crippen LogP contribution in [0.15, 0.2) is 60.7 Å². The predicted octanol–water partition coefficient (Wildman–Crippen LogP) is -0.250. The van der Waals surface area contributed by atoms with Gasteiger partial charge in [-0.1, -0.05) is 81.4 Å². The minimum absolute atomic E-state index is 0.416. The summed E-state index contributed by atoms with van der Waals surface area (Å²) in [6, 6.07) is 19.3. The summed E-state index contributed by atoms with van der Waals surface area (Å²) in [5.74, 6) is 0. The van der Waals surface area contributed by atoms with Crippen molar-refractivity contribution in [3.05, 3.63) is 60.7 Å². The number of benzene rings is 2. The molecule has 2 unspecified atom stereocenters. The Morgan fingerprint density at radius 1 is 0.621 bits per heavy atom. The number of hydrogen-bond donors (Lipinski definition) is 5. The van der Waals surface area contributed by atoms with E-state index in [0.29, 0.717) is 0 Å². The smallest absolute Gasteiger partial charge is 0.261 e. The van der Waals surface area contributed by atoms with E-state index in [-0.39, 0.29) is 0 Å². The quantitative estimate of drug-likeness (QED) is 0.438. The van der Waals surface area contributed by atoms with E-state index in [1.165, 1.54) is 0 Å². The Labute approximate surface area is 172 Å². The lowest BCUT2D eigenvalue weighted by atomic mass is 9.85. The van der Waals surface area contributed by atoms with Crippen molar-refractivity contribution in [1.82, 2.24) is 0 Å². The molecular formula is C22H30O6Si. The molecule has 2 aromatic rings. The molecule has 1 aliphatic carbocycles. The zero-order valence-corrected chi connectivity index (χ0v) is 17.9. The molecule has 1 fully saturated rings. The van der Waals surface area contributed by atoms with Crippen molar-refractivity contribution in [2.75, 3.05) is 0 Å². The molecule has 0 saturated heterocycles. The third kappa shape index (κ3) is 3.80. The number of aliphatic hydroxyl groups is 5. The summed E-state index contributed by atoms with van der Waals surface area (Å²) in [7, 11) is -3.13. The van der Waals surface area contributed by atoms with Crippen molar-refractivity contribution in [3.63, 3.8) is 0 Å². The fraction of sp³-hybridized carbons (Fsp3) is 0.455. The SMILES string of the molecule is CC(C)(C)[Si](OC1[C@H](O)[C@H](O)C(O)[C@H](O)[C@H]1O)(c1ccccc1)c1ccccc1. The van der Waals surface area contributed by atoms with E-state index < -0.39 is 50.0 Å². The number of rotatable bonds is 4. The average molecular weight is 419 g/mol. The van der Waals surface area contributed by atoms with E-state index in [0.717, 1.165) is 10.4 Å². The highest BCUT2D eigenvalue weighted by molar-refractivity contribution is 6.99. The van der Waals surface area contributed by atoms with Crippen LogP contribution in [0.2, 0.25) is 5.04 Å². The Kier molecular flexibility index (Phi) is 6.31. The van der Waals surface area contributed by atoms with Gasteiger partial charge in [0, 0.05) is 0 Å². The summed E-state index contributed by atoms with van der Waals surface area (Å²) < 4.78 is 6.64. The van der Waals surface area contributed by atoms with E-state index in [1.54, 1.807) is 0 Å². The summed E-state index contributed by atoms with van der Waals surface area (Å²) in [4.78, 5) is 0.